The van der Waals surface area contributed by atoms with Gasteiger partial charge in [0.1, 0.15) is 0 Å². The number of pyridine rings is 1. The molecule has 0 atom stereocenters. The minimum atomic E-state index is 0.734. The fourth-order valence-corrected chi connectivity index (χ4v) is 2.10. The number of aromatic nitrogens is 1. The number of nitrogens with two attached hydrogens (primary N) is 1. The monoisotopic (exact) mass is 176 g/mol. The van der Waals surface area contributed by atoms with Gasteiger partial charge in [-0.2, -0.15) is 0 Å². The van der Waals surface area contributed by atoms with Gasteiger partial charge in [-0.05, 0) is 55.3 Å². The minimum Gasteiger partial charge on any atom is -0.330 e. The van der Waals surface area contributed by atoms with Crippen molar-refractivity contribution in [1.29, 1.82) is 0 Å². The molecule has 0 saturated heterocycles. The van der Waals surface area contributed by atoms with E-state index in [1.165, 1.54) is 42.4 Å². The number of nitrogens with zero attached hydrogens (tertiary/aromatic N) is 1. The van der Waals surface area contributed by atoms with Crippen molar-refractivity contribution in [3.63, 3.8) is 0 Å². The largest absolute Gasteiger partial charge is 0.330 e. The molecule has 1 aromatic rings. The molecule has 0 amide bonds. The first-order valence-electron chi connectivity index (χ1n) is 5.06. The Morgan fingerprint density at radius 3 is 2.92 bits per heavy atom. The summed E-state index contributed by atoms with van der Waals surface area (Å²) in [5, 5.41) is 0. The Morgan fingerprint density at radius 1 is 1.23 bits per heavy atom. The maximum absolute atomic E-state index is 5.57. The van der Waals surface area contributed by atoms with E-state index in [0.29, 0.717) is 0 Å². The number of fused-ring (bicyclic) bond motifs is 1. The fourth-order valence-electron chi connectivity index (χ4n) is 2.10. The van der Waals surface area contributed by atoms with Crippen molar-refractivity contribution in [2.75, 3.05) is 6.54 Å². The van der Waals surface area contributed by atoms with Gasteiger partial charge in [-0.25, -0.2) is 0 Å². The zero-order chi connectivity index (χ0) is 9.10. The van der Waals surface area contributed by atoms with Gasteiger partial charge in [0.25, 0.3) is 0 Å². The maximum atomic E-state index is 5.57. The van der Waals surface area contributed by atoms with Crippen LogP contribution in [0.25, 0.3) is 0 Å². The van der Waals surface area contributed by atoms with Gasteiger partial charge in [0.15, 0.2) is 0 Å². The van der Waals surface area contributed by atoms with E-state index < -0.39 is 0 Å². The molecule has 2 rings (SSSR count). The van der Waals surface area contributed by atoms with Crippen LogP contribution in [-0.2, 0) is 19.3 Å². The maximum Gasteiger partial charge on any atom is 0.0303 e. The van der Waals surface area contributed by atoms with Crippen LogP contribution in [0.2, 0.25) is 0 Å². The Hall–Kier alpha value is -0.890. The van der Waals surface area contributed by atoms with E-state index in [2.05, 4.69) is 4.98 Å². The Kier molecular flexibility index (Phi) is 2.60. The second-order valence-corrected chi connectivity index (χ2v) is 3.68. The van der Waals surface area contributed by atoms with Crippen LogP contribution >= 0.6 is 0 Å². The Bertz CT molecular complexity index is 294. The van der Waals surface area contributed by atoms with Crippen molar-refractivity contribution >= 4 is 0 Å². The fraction of sp³-hybridized carbons (Fsp3) is 0.545. The minimum absolute atomic E-state index is 0.734. The summed E-state index contributed by atoms with van der Waals surface area (Å²) in [5.74, 6) is 0. The lowest BCUT2D eigenvalue weighted by molar-refractivity contribution is 0.673. The van der Waals surface area contributed by atoms with Gasteiger partial charge in [0.2, 0.25) is 0 Å². The lowest BCUT2D eigenvalue weighted by Gasteiger charge is -2.18. The van der Waals surface area contributed by atoms with E-state index in [-0.39, 0.29) is 0 Å². The zero-order valence-electron chi connectivity index (χ0n) is 7.92. The van der Waals surface area contributed by atoms with Crippen LogP contribution in [0.1, 0.15) is 29.5 Å². The number of aryl methyl sites for hydroxylation is 1. The Balaban J connectivity index is 2.34. The summed E-state index contributed by atoms with van der Waals surface area (Å²) in [6.45, 7) is 0.734. The van der Waals surface area contributed by atoms with Crippen LogP contribution < -0.4 is 5.73 Å². The molecule has 0 aromatic carbocycles. The van der Waals surface area contributed by atoms with Gasteiger partial charge in [-0.15, -0.1) is 0 Å². The van der Waals surface area contributed by atoms with Gasteiger partial charge in [0.05, 0.1) is 0 Å². The highest BCUT2D eigenvalue weighted by atomic mass is 14.6. The van der Waals surface area contributed by atoms with Gasteiger partial charge >= 0.3 is 0 Å². The summed E-state index contributed by atoms with van der Waals surface area (Å²) < 4.78 is 0. The highest BCUT2D eigenvalue weighted by molar-refractivity contribution is 5.33. The molecule has 0 spiro atoms. The van der Waals surface area contributed by atoms with Crippen molar-refractivity contribution in [2.24, 2.45) is 5.73 Å². The molecule has 70 valence electrons. The van der Waals surface area contributed by atoms with Crippen LogP contribution in [0.4, 0.5) is 0 Å². The van der Waals surface area contributed by atoms with Crippen molar-refractivity contribution < 1.29 is 0 Å². The van der Waals surface area contributed by atoms with E-state index in [1.54, 1.807) is 0 Å². The molecule has 2 heteroatoms. The first-order chi connectivity index (χ1) is 6.42. The average Bonchev–Trinajstić information content (AvgIpc) is 2.19. The molecule has 0 aliphatic heterocycles. The molecule has 0 bridgehead atoms. The highest BCUT2D eigenvalue weighted by Gasteiger charge is 2.12. The molecule has 1 aliphatic rings. The SMILES string of the molecule is NCCc1cncc2c1CCCC2. The zero-order valence-corrected chi connectivity index (χ0v) is 7.92. The summed E-state index contributed by atoms with van der Waals surface area (Å²) >= 11 is 0. The average molecular weight is 176 g/mol. The third-order valence-corrected chi connectivity index (χ3v) is 2.77. The van der Waals surface area contributed by atoms with Gasteiger partial charge in [-0.1, -0.05) is 0 Å². The lowest BCUT2D eigenvalue weighted by atomic mass is 9.89. The highest BCUT2D eigenvalue weighted by Crippen LogP contribution is 2.23. The Labute approximate surface area is 79.2 Å². The molecule has 2 N–H and O–H groups in total. The first kappa shape index (κ1) is 8.70. The summed E-state index contributed by atoms with van der Waals surface area (Å²) in [6, 6.07) is 0. The molecular weight excluding hydrogens is 160 g/mol. The first-order valence-corrected chi connectivity index (χ1v) is 5.06. The van der Waals surface area contributed by atoms with Gasteiger partial charge in [-0.3, -0.25) is 4.98 Å². The second-order valence-electron chi connectivity index (χ2n) is 3.68. The van der Waals surface area contributed by atoms with E-state index >= 15 is 0 Å². The van der Waals surface area contributed by atoms with E-state index in [0.717, 1.165) is 13.0 Å². The summed E-state index contributed by atoms with van der Waals surface area (Å²) in [5.41, 5.74) is 9.93. The van der Waals surface area contributed by atoms with E-state index in [1.807, 2.05) is 12.4 Å². The van der Waals surface area contributed by atoms with Crippen molar-refractivity contribution in [3.05, 3.63) is 29.1 Å². The molecule has 2 nitrogen and oxygen atoms in total. The lowest BCUT2D eigenvalue weighted by Crippen LogP contribution is -2.11. The van der Waals surface area contributed by atoms with Crippen LogP contribution in [0, 0.1) is 0 Å². The molecule has 0 radical (unpaired) electrons. The van der Waals surface area contributed by atoms with Crippen LogP contribution in [0.15, 0.2) is 12.4 Å². The topological polar surface area (TPSA) is 38.9 Å². The number of hydrogen-bond donors (Lipinski definition) is 1. The third-order valence-electron chi connectivity index (χ3n) is 2.77. The molecule has 13 heavy (non-hydrogen) atoms. The van der Waals surface area contributed by atoms with Crippen LogP contribution in [0.5, 0.6) is 0 Å². The standard InChI is InChI=1S/C11H16N2/c12-6-5-10-8-13-7-9-3-1-2-4-11(9)10/h7-8H,1-6,12H2. The quantitative estimate of drug-likeness (QED) is 0.741. The molecule has 0 unspecified atom stereocenters. The predicted octanol–water partition coefficient (Wildman–Crippen LogP) is 1.46. The third kappa shape index (κ3) is 1.73. The number of rotatable bonds is 2. The summed E-state index contributed by atoms with van der Waals surface area (Å²) in [7, 11) is 0. The molecule has 1 aliphatic carbocycles. The van der Waals surface area contributed by atoms with Crippen molar-refractivity contribution in [2.45, 2.75) is 32.1 Å². The van der Waals surface area contributed by atoms with Gasteiger partial charge < -0.3 is 5.73 Å². The molecule has 0 saturated carbocycles. The molecular formula is C11H16N2. The predicted molar refractivity (Wildman–Crippen MR) is 53.6 cm³/mol. The van der Waals surface area contributed by atoms with Crippen LogP contribution in [-0.4, -0.2) is 11.5 Å². The molecule has 0 fully saturated rings. The summed E-state index contributed by atoms with van der Waals surface area (Å²) in [6.07, 6.45) is 10.1. The summed E-state index contributed by atoms with van der Waals surface area (Å²) in [4.78, 5) is 4.26. The number of hydrogen-bond acceptors (Lipinski definition) is 2. The van der Waals surface area contributed by atoms with Crippen molar-refractivity contribution in [1.82, 2.24) is 4.98 Å². The smallest absolute Gasteiger partial charge is 0.0303 e. The van der Waals surface area contributed by atoms with Gasteiger partial charge in [0, 0.05) is 12.4 Å². The van der Waals surface area contributed by atoms with E-state index in [9.17, 15) is 0 Å². The van der Waals surface area contributed by atoms with E-state index in [4.69, 9.17) is 5.73 Å². The second kappa shape index (κ2) is 3.88. The van der Waals surface area contributed by atoms with Crippen molar-refractivity contribution in [3.8, 4) is 0 Å². The van der Waals surface area contributed by atoms with Crippen LogP contribution in [0.3, 0.4) is 0 Å². The molecule has 1 aromatic heterocycles. The molecule has 1 heterocycles. The normalized spacial score (nSPS) is 15.5. The Morgan fingerprint density at radius 2 is 2.08 bits per heavy atom.